The molecule has 0 aliphatic carbocycles. The van der Waals surface area contributed by atoms with Crippen LogP contribution in [0.3, 0.4) is 0 Å². The van der Waals surface area contributed by atoms with Crippen molar-refractivity contribution < 1.29 is 4.74 Å². The first kappa shape index (κ1) is 10.8. The van der Waals surface area contributed by atoms with Crippen LogP contribution in [0.15, 0.2) is 18.2 Å². The highest BCUT2D eigenvalue weighted by molar-refractivity contribution is 6.31. The van der Waals surface area contributed by atoms with E-state index < -0.39 is 0 Å². The summed E-state index contributed by atoms with van der Waals surface area (Å²) in [6.45, 7) is 3.73. The molecule has 0 amide bonds. The third-order valence-electron chi connectivity index (χ3n) is 2.79. The van der Waals surface area contributed by atoms with Crippen LogP contribution < -0.4 is 5.32 Å². The van der Waals surface area contributed by atoms with Crippen molar-refractivity contribution in [1.29, 1.82) is 0 Å². The molecule has 15 heavy (non-hydrogen) atoms. The number of ether oxygens (including phenoxy) is 1. The smallest absolute Gasteiger partial charge is 0.0667 e. The molecule has 2 rings (SSSR count). The van der Waals surface area contributed by atoms with Gasteiger partial charge in [-0.05, 0) is 37.5 Å². The second-order valence-electron chi connectivity index (χ2n) is 3.97. The molecule has 1 aliphatic rings. The topological polar surface area (TPSA) is 21.3 Å². The number of nitrogens with one attached hydrogen (secondary N) is 1. The second-order valence-corrected chi connectivity index (χ2v) is 4.38. The Labute approximate surface area is 95.6 Å². The van der Waals surface area contributed by atoms with Gasteiger partial charge in [-0.25, -0.2) is 0 Å². The van der Waals surface area contributed by atoms with E-state index in [1.54, 1.807) is 0 Å². The van der Waals surface area contributed by atoms with Crippen LogP contribution in [-0.4, -0.2) is 19.3 Å². The first-order valence-electron chi connectivity index (χ1n) is 5.37. The summed E-state index contributed by atoms with van der Waals surface area (Å²) in [4.78, 5) is 0. The van der Waals surface area contributed by atoms with E-state index in [0.29, 0.717) is 6.04 Å². The lowest BCUT2D eigenvalue weighted by atomic mass is 10.1. The van der Waals surface area contributed by atoms with Crippen LogP contribution >= 0.6 is 11.6 Å². The fourth-order valence-electron chi connectivity index (χ4n) is 1.84. The van der Waals surface area contributed by atoms with E-state index in [0.717, 1.165) is 35.9 Å². The van der Waals surface area contributed by atoms with Crippen molar-refractivity contribution in [2.24, 2.45) is 0 Å². The fraction of sp³-hybridized carbons (Fsp3) is 0.500. The van der Waals surface area contributed by atoms with E-state index in [1.807, 2.05) is 19.1 Å². The number of hydrogen-bond acceptors (Lipinski definition) is 2. The van der Waals surface area contributed by atoms with E-state index in [-0.39, 0.29) is 0 Å². The first-order valence-corrected chi connectivity index (χ1v) is 5.74. The Morgan fingerprint density at radius 3 is 3.07 bits per heavy atom. The van der Waals surface area contributed by atoms with Gasteiger partial charge in [-0.15, -0.1) is 0 Å². The Morgan fingerprint density at radius 1 is 1.47 bits per heavy atom. The van der Waals surface area contributed by atoms with Crippen LogP contribution in [0.2, 0.25) is 5.02 Å². The van der Waals surface area contributed by atoms with Crippen molar-refractivity contribution >= 4 is 17.3 Å². The van der Waals surface area contributed by atoms with Gasteiger partial charge in [0.2, 0.25) is 0 Å². The summed E-state index contributed by atoms with van der Waals surface area (Å²) in [5.74, 6) is 0. The standard InChI is InChI=1S/C12H16ClNO/c1-9-11(13)5-2-6-12(9)14-10-4-3-7-15-8-10/h2,5-6,10,14H,3-4,7-8H2,1H3. The molecule has 1 aromatic rings. The minimum absolute atomic E-state index is 0.427. The molecule has 0 radical (unpaired) electrons. The number of rotatable bonds is 2. The number of halogens is 1. The lowest BCUT2D eigenvalue weighted by Crippen LogP contribution is -2.30. The normalized spacial score (nSPS) is 21.3. The molecular weight excluding hydrogens is 210 g/mol. The van der Waals surface area contributed by atoms with Gasteiger partial charge in [0.25, 0.3) is 0 Å². The molecule has 1 N–H and O–H groups in total. The summed E-state index contributed by atoms with van der Waals surface area (Å²) in [6, 6.07) is 6.38. The molecule has 1 saturated heterocycles. The average Bonchev–Trinajstić information content (AvgIpc) is 2.26. The summed E-state index contributed by atoms with van der Waals surface area (Å²) in [5, 5.41) is 4.30. The van der Waals surface area contributed by atoms with Crippen molar-refractivity contribution in [3.05, 3.63) is 28.8 Å². The molecule has 0 bridgehead atoms. The van der Waals surface area contributed by atoms with Gasteiger partial charge in [-0.2, -0.15) is 0 Å². The highest BCUT2D eigenvalue weighted by Crippen LogP contribution is 2.24. The zero-order valence-electron chi connectivity index (χ0n) is 8.92. The molecule has 1 fully saturated rings. The van der Waals surface area contributed by atoms with Crippen LogP contribution in [-0.2, 0) is 4.74 Å². The van der Waals surface area contributed by atoms with Gasteiger partial charge < -0.3 is 10.1 Å². The Bertz CT molecular complexity index is 334. The highest BCUT2D eigenvalue weighted by atomic mass is 35.5. The van der Waals surface area contributed by atoms with Gasteiger partial charge in [-0.1, -0.05) is 17.7 Å². The molecule has 1 unspecified atom stereocenters. The summed E-state index contributed by atoms with van der Waals surface area (Å²) in [6.07, 6.45) is 2.31. The summed E-state index contributed by atoms with van der Waals surface area (Å²) < 4.78 is 5.43. The third-order valence-corrected chi connectivity index (χ3v) is 3.20. The number of anilines is 1. The Hall–Kier alpha value is -0.730. The average molecular weight is 226 g/mol. The minimum Gasteiger partial charge on any atom is -0.380 e. The fourth-order valence-corrected chi connectivity index (χ4v) is 2.01. The van der Waals surface area contributed by atoms with Crippen LogP contribution in [0.5, 0.6) is 0 Å². The molecule has 3 heteroatoms. The molecule has 0 saturated carbocycles. The number of benzene rings is 1. The quantitative estimate of drug-likeness (QED) is 0.835. The molecular formula is C12H16ClNO. The van der Waals surface area contributed by atoms with E-state index in [2.05, 4.69) is 11.4 Å². The van der Waals surface area contributed by atoms with E-state index >= 15 is 0 Å². The monoisotopic (exact) mass is 225 g/mol. The lowest BCUT2D eigenvalue weighted by Gasteiger charge is -2.25. The molecule has 0 spiro atoms. The van der Waals surface area contributed by atoms with Crippen molar-refractivity contribution in [2.45, 2.75) is 25.8 Å². The van der Waals surface area contributed by atoms with Crippen LogP contribution in [0.4, 0.5) is 5.69 Å². The van der Waals surface area contributed by atoms with Crippen LogP contribution in [0.1, 0.15) is 18.4 Å². The highest BCUT2D eigenvalue weighted by Gasteiger charge is 2.14. The Kier molecular flexibility index (Phi) is 3.49. The summed E-state index contributed by atoms with van der Waals surface area (Å²) in [7, 11) is 0. The van der Waals surface area contributed by atoms with Gasteiger partial charge >= 0.3 is 0 Å². The van der Waals surface area contributed by atoms with Gasteiger partial charge in [0.1, 0.15) is 0 Å². The molecule has 1 heterocycles. The molecule has 82 valence electrons. The van der Waals surface area contributed by atoms with E-state index in [9.17, 15) is 0 Å². The zero-order valence-corrected chi connectivity index (χ0v) is 9.68. The van der Waals surface area contributed by atoms with E-state index in [1.165, 1.54) is 6.42 Å². The predicted molar refractivity (Wildman–Crippen MR) is 63.7 cm³/mol. The predicted octanol–water partition coefficient (Wildman–Crippen LogP) is 3.24. The molecule has 1 aromatic carbocycles. The largest absolute Gasteiger partial charge is 0.380 e. The van der Waals surface area contributed by atoms with Gasteiger partial charge in [0.15, 0.2) is 0 Å². The first-order chi connectivity index (χ1) is 7.27. The number of hydrogen-bond donors (Lipinski definition) is 1. The Balaban J connectivity index is 2.06. The zero-order chi connectivity index (χ0) is 10.7. The lowest BCUT2D eigenvalue weighted by molar-refractivity contribution is 0.0876. The van der Waals surface area contributed by atoms with Gasteiger partial charge in [0, 0.05) is 23.4 Å². The van der Waals surface area contributed by atoms with E-state index in [4.69, 9.17) is 16.3 Å². The molecule has 1 aliphatic heterocycles. The van der Waals surface area contributed by atoms with Crippen molar-refractivity contribution in [1.82, 2.24) is 0 Å². The third kappa shape index (κ3) is 2.64. The van der Waals surface area contributed by atoms with Crippen molar-refractivity contribution in [2.75, 3.05) is 18.5 Å². The van der Waals surface area contributed by atoms with Crippen LogP contribution in [0, 0.1) is 6.92 Å². The van der Waals surface area contributed by atoms with Crippen molar-refractivity contribution in [3.63, 3.8) is 0 Å². The second kappa shape index (κ2) is 4.86. The molecule has 1 atom stereocenters. The molecule has 2 nitrogen and oxygen atoms in total. The Morgan fingerprint density at radius 2 is 2.33 bits per heavy atom. The SMILES string of the molecule is Cc1c(Cl)cccc1NC1CCCOC1. The maximum Gasteiger partial charge on any atom is 0.0667 e. The molecule has 0 aromatic heterocycles. The van der Waals surface area contributed by atoms with Gasteiger partial charge in [-0.3, -0.25) is 0 Å². The van der Waals surface area contributed by atoms with Gasteiger partial charge in [0.05, 0.1) is 6.61 Å². The maximum absolute atomic E-state index is 6.06. The van der Waals surface area contributed by atoms with Crippen molar-refractivity contribution in [3.8, 4) is 0 Å². The maximum atomic E-state index is 6.06. The minimum atomic E-state index is 0.427. The van der Waals surface area contributed by atoms with Crippen LogP contribution in [0.25, 0.3) is 0 Å². The summed E-state index contributed by atoms with van der Waals surface area (Å²) >= 11 is 6.06. The summed E-state index contributed by atoms with van der Waals surface area (Å²) in [5.41, 5.74) is 2.24.